The van der Waals surface area contributed by atoms with Gasteiger partial charge in [-0.05, 0) is 64.4 Å². The lowest BCUT2D eigenvalue weighted by atomic mass is 9.80. The Morgan fingerprint density at radius 2 is 1.88 bits per heavy atom. The second kappa shape index (κ2) is 12.0. The number of likely N-dealkylation sites (tertiary alicyclic amines) is 1. The number of nitrogens with one attached hydrogen (secondary N) is 2. The molecule has 1 spiro atoms. The van der Waals surface area contributed by atoms with Crippen LogP contribution in [0.2, 0.25) is 0 Å². The molecule has 2 atom stereocenters. The molecule has 2 amide bonds. The molecular weight excluding hydrogens is 574 g/mol. The number of alkyl halides is 3. The largest absolute Gasteiger partial charge is 0.481 e. The van der Waals surface area contributed by atoms with E-state index in [9.17, 15) is 27.2 Å². The molecule has 1 saturated heterocycles. The third kappa shape index (κ3) is 6.35. The number of aromatic nitrogens is 3. The van der Waals surface area contributed by atoms with Gasteiger partial charge in [-0.15, -0.1) is 0 Å². The number of piperidine rings is 1. The van der Waals surface area contributed by atoms with Crippen LogP contribution >= 0.6 is 0 Å². The van der Waals surface area contributed by atoms with Crippen LogP contribution in [0.3, 0.4) is 0 Å². The molecule has 10 nitrogen and oxygen atoms in total. The minimum atomic E-state index is -4.53. The van der Waals surface area contributed by atoms with Crippen LogP contribution in [0.15, 0.2) is 18.3 Å². The number of rotatable bonds is 9. The van der Waals surface area contributed by atoms with Gasteiger partial charge in [-0.1, -0.05) is 0 Å². The van der Waals surface area contributed by atoms with Gasteiger partial charge in [-0.2, -0.15) is 18.3 Å². The van der Waals surface area contributed by atoms with Crippen molar-refractivity contribution >= 4 is 11.8 Å². The lowest BCUT2D eigenvalue weighted by Gasteiger charge is -2.42. The summed E-state index contributed by atoms with van der Waals surface area (Å²) in [6.07, 6.45) is -1.76. The number of aromatic amines is 1. The van der Waals surface area contributed by atoms with Crippen LogP contribution in [0, 0.1) is 11.7 Å². The van der Waals surface area contributed by atoms with Gasteiger partial charge in [0.05, 0.1) is 31.7 Å². The van der Waals surface area contributed by atoms with Gasteiger partial charge in [0, 0.05) is 42.8 Å². The van der Waals surface area contributed by atoms with Crippen LogP contribution in [0.25, 0.3) is 11.3 Å². The van der Waals surface area contributed by atoms with E-state index in [-0.39, 0.29) is 73.2 Å². The Balaban J connectivity index is 1.18. The zero-order chi connectivity index (χ0) is 31.0. The van der Waals surface area contributed by atoms with E-state index in [1.54, 1.807) is 11.8 Å². The molecule has 5 rings (SSSR count). The highest BCUT2D eigenvalue weighted by atomic mass is 19.4. The van der Waals surface area contributed by atoms with E-state index in [0.717, 1.165) is 19.0 Å². The molecule has 2 aliphatic carbocycles. The van der Waals surface area contributed by atoms with Crippen molar-refractivity contribution in [3.63, 3.8) is 0 Å². The number of H-pyrrole nitrogens is 1. The summed E-state index contributed by atoms with van der Waals surface area (Å²) in [6.45, 7) is 1.82. The summed E-state index contributed by atoms with van der Waals surface area (Å²) < 4.78 is 71.8. The third-order valence-corrected chi connectivity index (χ3v) is 9.12. The van der Waals surface area contributed by atoms with Crippen molar-refractivity contribution in [1.82, 2.24) is 25.4 Å². The fourth-order valence-electron chi connectivity index (χ4n) is 6.20. The minimum Gasteiger partial charge on any atom is -0.481 e. The first kappa shape index (κ1) is 31.2. The molecule has 0 aromatic carbocycles. The molecule has 0 bridgehead atoms. The zero-order valence-corrected chi connectivity index (χ0v) is 24.4. The average molecular weight is 612 g/mol. The van der Waals surface area contributed by atoms with Crippen LogP contribution in [0.1, 0.15) is 68.8 Å². The lowest BCUT2D eigenvalue weighted by Crippen LogP contribution is -2.55. The maximum atomic E-state index is 14.4. The number of carbonyl (C=O) groups excluding carboxylic acids is 2. The molecule has 0 unspecified atom stereocenters. The summed E-state index contributed by atoms with van der Waals surface area (Å²) in [5.74, 6) is -1.23. The fraction of sp³-hybridized carbons (Fsp3) is 0.655. The van der Waals surface area contributed by atoms with E-state index in [1.165, 1.54) is 26.4 Å². The Labute approximate surface area is 246 Å². The topological polar surface area (TPSA) is 119 Å². The molecule has 0 radical (unpaired) electrons. The van der Waals surface area contributed by atoms with Crippen molar-refractivity contribution in [1.29, 1.82) is 0 Å². The Morgan fingerprint density at radius 3 is 2.51 bits per heavy atom. The molecule has 1 aliphatic heterocycles. The summed E-state index contributed by atoms with van der Waals surface area (Å²) in [7, 11) is 2.84. The maximum Gasteiger partial charge on any atom is 0.417 e. The first-order valence-electron chi connectivity index (χ1n) is 14.5. The number of hydrogen-bond donors (Lipinski definition) is 2. The van der Waals surface area contributed by atoms with Crippen molar-refractivity contribution in [2.24, 2.45) is 5.92 Å². The first-order chi connectivity index (χ1) is 20.4. The number of ether oxygens (including phenoxy) is 3. The molecule has 3 aliphatic rings. The van der Waals surface area contributed by atoms with Gasteiger partial charge >= 0.3 is 6.18 Å². The standard InChI is InChI=1S/C29H37F4N5O5/c1-17(41-2)16-43-28(29(31,32)33)7-4-19(5-8-28)35-25(39)18-6-11-38(27(14-18)9-10-27)26(40)23-13-22(36-37-23)20-12-24(42-3)34-15-21(20)30/h12-13,15,17-19H,4-11,14,16H2,1-3H3,(H,35,39)(H,36,37)/t17-,18-,19-,28-/m0/s1. The van der Waals surface area contributed by atoms with Gasteiger partial charge in [-0.3, -0.25) is 14.7 Å². The van der Waals surface area contributed by atoms with Crippen LogP contribution in [0.5, 0.6) is 5.88 Å². The molecule has 43 heavy (non-hydrogen) atoms. The third-order valence-electron chi connectivity index (χ3n) is 9.12. The Kier molecular flexibility index (Phi) is 8.72. The Bertz CT molecular complexity index is 1320. The predicted octanol–water partition coefficient (Wildman–Crippen LogP) is 4.42. The molecule has 2 aromatic heterocycles. The highest BCUT2D eigenvalue weighted by molar-refractivity contribution is 5.94. The van der Waals surface area contributed by atoms with Crippen LogP contribution in [-0.4, -0.2) is 88.7 Å². The molecule has 3 heterocycles. The fourth-order valence-corrected chi connectivity index (χ4v) is 6.20. The summed E-state index contributed by atoms with van der Waals surface area (Å²) in [4.78, 5) is 32.3. The first-order valence-corrected chi connectivity index (χ1v) is 14.5. The summed E-state index contributed by atoms with van der Waals surface area (Å²) in [5.41, 5.74) is -2.10. The van der Waals surface area contributed by atoms with Gasteiger partial charge in [-0.25, -0.2) is 9.37 Å². The quantitative estimate of drug-likeness (QED) is 0.403. The second-order valence-corrected chi connectivity index (χ2v) is 11.9. The van der Waals surface area contributed by atoms with Gasteiger partial charge in [0.1, 0.15) is 0 Å². The number of halogens is 4. The molecule has 236 valence electrons. The van der Waals surface area contributed by atoms with E-state index < -0.39 is 29.2 Å². The van der Waals surface area contributed by atoms with Crippen molar-refractivity contribution in [3.05, 3.63) is 29.8 Å². The molecule has 2 aromatic rings. The molecule has 2 N–H and O–H groups in total. The van der Waals surface area contributed by atoms with Crippen LogP contribution in [-0.2, 0) is 14.3 Å². The number of methoxy groups -OCH3 is 2. The van der Waals surface area contributed by atoms with E-state index in [1.807, 2.05) is 0 Å². The van der Waals surface area contributed by atoms with Gasteiger partial charge in [0.25, 0.3) is 5.91 Å². The average Bonchev–Trinajstić information content (AvgIpc) is 3.56. The predicted molar refractivity (Wildman–Crippen MR) is 146 cm³/mol. The Morgan fingerprint density at radius 1 is 1.16 bits per heavy atom. The van der Waals surface area contributed by atoms with Crippen LogP contribution in [0.4, 0.5) is 17.6 Å². The Hall–Kier alpha value is -3.26. The van der Waals surface area contributed by atoms with Gasteiger partial charge < -0.3 is 24.4 Å². The van der Waals surface area contributed by atoms with Crippen molar-refractivity contribution in [3.8, 4) is 17.1 Å². The monoisotopic (exact) mass is 611 g/mol. The smallest absolute Gasteiger partial charge is 0.417 e. The molecular formula is C29H37F4N5O5. The summed E-state index contributed by atoms with van der Waals surface area (Å²) >= 11 is 0. The van der Waals surface area contributed by atoms with E-state index in [0.29, 0.717) is 25.1 Å². The highest BCUT2D eigenvalue weighted by Gasteiger charge is 2.58. The molecule has 3 fully saturated rings. The van der Waals surface area contributed by atoms with E-state index in [2.05, 4.69) is 20.5 Å². The van der Waals surface area contributed by atoms with Gasteiger partial charge in [0.15, 0.2) is 17.1 Å². The highest BCUT2D eigenvalue weighted by Crippen LogP contribution is 2.51. The number of nitrogens with zero attached hydrogens (tertiary/aromatic N) is 3. The normalized spacial score (nSPS) is 25.8. The molecule has 2 saturated carbocycles. The summed E-state index contributed by atoms with van der Waals surface area (Å²) in [5, 5.41) is 9.81. The minimum absolute atomic E-state index is 0.136. The van der Waals surface area contributed by atoms with Gasteiger partial charge in [0.2, 0.25) is 11.8 Å². The zero-order valence-electron chi connectivity index (χ0n) is 24.4. The van der Waals surface area contributed by atoms with Crippen molar-refractivity contribution < 1.29 is 41.4 Å². The summed E-state index contributed by atoms with van der Waals surface area (Å²) in [6, 6.07) is 2.52. The molecule has 14 heteroatoms. The van der Waals surface area contributed by atoms with Crippen molar-refractivity contribution in [2.75, 3.05) is 27.4 Å². The van der Waals surface area contributed by atoms with Crippen LogP contribution < -0.4 is 10.1 Å². The number of amides is 2. The van der Waals surface area contributed by atoms with E-state index in [4.69, 9.17) is 14.2 Å². The number of pyridine rings is 1. The number of hydrogen-bond acceptors (Lipinski definition) is 7. The lowest BCUT2D eigenvalue weighted by molar-refractivity contribution is -0.293. The SMILES string of the molecule is COc1cc(-c2cc(C(=O)N3CC[C@H](C(=O)N[C@H]4CC[C@@](OC[C@H](C)OC)(C(F)(F)F)CC4)CC34CC4)n[nH]2)c(F)cn1. The maximum absolute atomic E-state index is 14.4. The number of carbonyl (C=O) groups is 2. The van der Waals surface area contributed by atoms with E-state index >= 15 is 0 Å². The van der Waals surface area contributed by atoms with Crippen molar-refractivity contribution in [2.45, 2.75) is 87.8 Å². The second-order valence-electron chi connectivity index (χ2n) is 11.9.